The molecule has 0 spiro atoms. The lowest BCUT2D eigenvalue weighted by atomic mass is 9.86. The highest BCUT2D eigenvalue weighted by atomic mass is 19.4. The molecule has 192 valence electrons. The van der Waals surface area contributed by atoms with Crippen molar-refractivity contribution in [3.63, 3.8) is 0 Å². The third kappa shape index (κ3) is 6.55. The fourth-order valence-electron chi connectivity index (χ4n) is 4.75. The maximum atomic E-state index is 13.2. The zero-order valence-electron chi connectivity index (χ0n) is 18.9. The summed E-state index contributed by atoms with van der Waals surface area (Å²) in [6.07, 6.45) is -9.77. The molecule has 2 unspecified atom stereocenters. The first-order valence-corrected chi connectivity index (χ1v) is 11.5. The van der Waals surface area contributed by atoms with E-state index in [0.717, 1.165) is 37.2 Å². The Bertz CT molecular complexity index is 928. The number of nitrogens with zero attached hydrogens (tertiary/aromatic N) is 1. The molecule has 2 aromatic carbocycles. The van der Waals surface area contributed by atoms with Crippen LogP contribution in [0.15, 0.2) is 48.5 Å². The predicted molar refractivity (Wildman–Crippen MR) is 116 cm³/mol. The number of ether oxygens (including phenoxy) is 3. The molecular formula is C25H27F6NO3. The molecular weight excluding hydrogens is 476 g/mol. The molecule has 10 heteroatoms. The van der Waals surface area contributed by atoms with E-state index in [1.54, 1.807) is 0 Å². The lowest BCUT2D eigenvalue weighted by Gasteiger charge is -2.45. The Hall–Kier alpha value is -2.14. The van der Waals surface area contributed by atoms with Gasteiger partial charge < -0.3 is 14.2 Å². The minimum absolute atomic E-state index is 0.0809. The monoisotopic (exact) mass is 503 g/mol. The Labute approximate surface area is 199 Å². The van der Waals surface area contributed by atoms with Gasteiger partial charge in [-0.25, -0.2) is 0 Å². The second-order valence-electron chi connectivity index (χ2n) is 8.71. The van der Waals surface area contributed by atoms with Crippen molar-refractivity contribution in [1.82, 2.24) is 4.90 Å². The van der Waals surface area contributed by atoms with Gasteiger partial charge in [0.2, 0.25) is 0 Å². The Balaban J connectivity index is 1.51. The fourth-order valence-corrected chi connectivity index (χ4v) is 4.75. The minimum Gasteiger partial charge on any atom is -0.379 e. The molecule has 0 radical (unpaired) electrons. The summed E-state index contributed by atoms with van der Waals surface area (Å²) in [6, 6.07) is 11.4. The van der Waals surface area contributed by atoms with Gasteiger partial charge in [-0.2, -0.15) is 26.3 Å². The lowest BCUT2D eigenvalue weighted by Crippen LogP contribution is -2.52. The second-order valence-corrected chi connectivity index (χ2v) is 8.71. The summed E-state index contributed by atoms with van der Waals surface area (Å²) in [6.45, 7) is 3.15. The van der Waals surface area contributed by atoms with E-state index in [1.807, 2.05) is 30.3 Å². The molecule has 4 rings (SSSR count). The quantitative estimate of drug-likeness (QED) is 0.487. The highest BCUT2D eigenvalue weighted by molar-refractivity contribution is 5.33. The molecule has 2 heterocycles. The highest BCUT2D eigenvalue weighted by Gasteiger charge is 2.40. The molecule has 0 saturated carbocycles. The summed E-state index contributed by atoms with van der Waals surface area (Å²) in [5.74, 6) is -0.157. The maximum Gasteiger partial charge on any atom is 0.416 e. The molecule has 2 aliphatic heterocycles. The van der Waals surface area contributed by atoms with E-state index in [4.69, 9.17) is 14.2 Å². The standard InChI is InChI=1S/C25H27F6NO3/c26-24(27,28)19-14-17(15-20(16-19)25(29,30)31)6-10-34-23-22(18-4-2-1-3-5-18)21(7-11-35-23)32-8-12-33-13-9-32/h1-5,14-16,21-23H,6-13H2/t21?,22?,23-/m1/s1. The van der Waals surface area contributed by atoms with Crippen molar-refractivity contribution in [2.45, 2.75) is 43.4 Å². The van der Waals surface area contributed by atoms with Crippen LogP contribution in [0.4, 0.5) is 26.3 Å². The Morgan fingerprint density at radius 1 is 0.857 bits per heavy atom. The SMILES string of the molecule is FC(F)(F)c1cc(CCO[C@@H]2OCCC(N3CCOCC3)C2c2ccccc2)cc(C(F)(F)F)c1. The van der Waals surface area contributed by atoms with Crippen LogP contribution in [0.3, 0.4) is 0 Å². The van der Waals surface area contributed by atoms with Gasteiger partial charge in [-0.3, -0.25) is 4.90 Å². The van der Waals surface area contributed by atoms with Crippen molar-refractivity contribution in [2.75, 3.05) is 39.5 Å². The van der Waals surface area contributed by atoms with Gasteiger partial charge >= 0.3 is 12.4 Å². The smallest absolute Gasteiger partial charge is 0.379 e. The van der Waals surface area contributed by atoms with Gasteiger partial charge in [0.1, 0.15) is 0 Å². The first-order valence-electron chi connectivity index (χ1n) is 11.5. The highest BCUT2D eigenvalue weighted by Crippen LogP contribution is 2.38. The van der Waals surface area contributed by atoms with Crippen LogP contribution in [-0.4, -0.2) is 56.7 Å². The van der Waals surface area contributed by atoms with Crippen LogP contribution in [0.5, 0.6) is 0 Å². The van der Waals surface area contributed by atoms with Crippen LogP contribution in [0, 0.1) is 0 Å². The summed E-state index contributed by atoms with van der Waals surface area (Å²) < 4.78 is 96.4. The minimum atomic E-state index is -4.88. The summed E-state index contributed by atoms with van der Waals surface area (Å²) in [5.41, 5.74) is -1.74. The van der Waals surface area contributed by atoms with E-state index in [1.165, 1.54) is 0 Å². The van der Waals surface area contributed by atoms with Gasteiger partial charge in [-0.05, 0) is 42.2 Å². The summed E-state index contributed by atoms with van der Waals surface area (Å²) in [4.78, 5) is 2.34. The van der Waals surface area contributed by atoms with Crippen LogP contribution in [0.1, 0.15) is 34.6 Å². The molecule has 4 nitrogen and oxygen atoms in total. The average Bonchev–Trinajstić information content (AvgIpc) is 2.84. The summed E-state index contributed by atoms with van der Waals surface area (Å²) in [5, 5.41) is 0. The molecule has 2 saturated heterocycles. The van der Waals surface area contributed by atoms with Crippen molar-refractivity contribution in [3.8, 4) is 0 Å². The molecule has 35 heavy (non-hydrogen) atoms. The molecule has 2 fully saturated rings. The number of halogens is 6. The van der Waals surface area contributed by atoms with E-state index in [9.17, 15) is 26.3 Å². The third-order valence-corrected chi connectivity index (χ3v) is 6.42. The number of rotatable bonds is 6. The van der Waals surface area contributed by atoms with Crippen molar-refractivity contribution < 1.29 is 40.6 Å². The van der Waals surface area contributed by atoms with E-state index >= 15 is 0 Å². The Morgan fingerprint density at radius 2 is 1.49 bits per heavy atom. The number of hydrogen-bond donors (Lipinski definition) is 0. The first-order chi connectivity index (χ1) is 16.6. The Morgan fingerprint density at radius 3 is 2.09 bits per heavy atom. The van der Waals surface area contributed by atoms with E-state index in [-0.39, 0.29) is 36.6 Å². The van der Waals surface area contributed by atoms with Gasteiger partial charge in [0, 0.05) is 19.1 Å². The number of benzene rings is 2. The molecule has 2 aliphatic rings. The molecule has 0 bridgehead atoms. The third-order valence-electron chi connectivity index (χ3n) is 6.42. The zero-order chi connectivity index (χ0) is 25.1. The van der Waals surface area contributed by atoms with E-state index < -0.39 is 29.8 Å². The van der Waals surface area contributed by atoms with Crippen LogP contribution in [-0.2, 0) is 33.0 Å². The van der Waals surface area contributed by atoms with Crippen molar-refractivity contribution in [3.05, 3.63) is 70.8 Å². The van der Waals surface area contributed by atoms with Crippen molar-refractivity contribution >= 4 is 0 Å². The average molecular weight is 503 g/mol. The maximum absolute atomic E-state index is 13.2. The molecule has 3 atom stereocenters. The van der Waals surface area contributed by atoms with Crippen molar-refractivity contribution in [1.29, 1.82) is 0 Å². The number of morpholine rings is 1. The van der Waals surface area contributed by atoms with Crippen molar-refractivity contribution in [2.24, 2.45) is 0 Å². The number of alkyl halides is 6. The number of hydrogen-bond acceptors (Lipinski definition) is 4. The van der Waals surface area contributed by atoms with Gasteiger partial charge in [0.05, 0.1) is 43.5 Å². The predicted octanol–water partition coefficient (Wildman–Crippen LogP) is 5.51. The van der Waals surface area contributed by atoms with E-state index in [2.05, 4.69) is 4.90 Å². The molecule has 0 aliphatic carbocycles. The van der Waals surface area contributed by atoms with Gasteiger partial charge in [-0.1, -0.05) is 30.3 Å². The second kappa shape index (κ2) is 10.9. The van der Waals surface area contributed by atoms with Gasteiger partial charge in [-0.15, -0.1) is 0 Å². The van der Waals surface area contributed by atoms with Gasteiger partial charge in [0.15, 0.2) is 6.29 Å². The summed E-state index contributed by atoms with van der Waals surface area (Å²) >= 11 is 0. The van der Waals surface area contributed by atoms with Crippen LogP contribution < -0.4 is 0 Å². The first kappa shape index (κ1) is 25.9. The van der Waals surface area contributed by atoms with Crippen LogP contribution in [0.2, 0.25) is 0 Å². The lowest BCUT2D eigenvalue weighted by molar-refractivity contribution is -0.193. The fraction of sp³-hybridized carbons (Fsp3) is 0.520. The molecule has 0 amide bonds. The topological polar surface area (TPSA) is 30.9 Å². The van der Waals surface area contributed by atoms with Crippen LogP contribution in [0.25, 0.3) is 0 Å². The van der Waals surface area contributed by atoms with Gasteiger partial charge in [0.25, 0.3) is 0 Å². The Kier molecular flexibility index (Phi) is 8.05. The summed E-state index contributed by atoms with van der Waals surface area (Å²) in [7, 11) is 0. The molecule has 0 aromatic heterocycles. The van der Waals surface area contributed by atoms with Crippen LogP contribution >= 0.6 is 0 Å². The molecule has 0 N–H and O–H groups in total. The normalized spacial score (nSPS) is 24.5. The zero-order valence-corrected chi connectivity index (χ0v) is 18.9. The largest absolute Gasteiger partial charge is 0.416 e. The van der Waals surface area contributed by atoms with E-state index in [0.29, 0.717) is 19.8 Å². The molecule has 2 aromatic rings.